The molecule has 0 bridgehead atoms. The number of hydrogen-bond acceptors (Lipinski definition) is 5. The number of thioether (sulfide) groups is 2. The van der Waals surface area contributed by atoms with Gasteiger partial charge in [0.05, 0.1) is 5.56 Å². The van der Waals surface area contributed by atoms with E-state index in [0.717, 1.165) is 12.1 Å². The highest BCUT2D eigenvalue weighted by atomic mass is 32.2. The molecule has 10 heteroatoms. The molecule has 1 aliphatic heterocycles. The summed E-state index contributed by atoms with van der Waals surface area (Å²) in [4.78, 5) is 5.44. The Labute approximate surface area is 179 Å². The van der Waals surface area contributed by atoms with E-state index in [2.05, 4.69) is 9.72 Å². The fourth-order valence-electron chi connectivity index (χ4n) is 3.24. The van der Waals surface area contributed by atoms with Crippen LogP contribution in [0.15, 0.2) is 46.3 Å². The molecule has 0 amide bonds. The zero-order valence-electron chi connectivity index (χ0n) is 16.2. The normalized spacial score (nSPS) is 22.3. The van der Waals surface area contributed by atoms with Crippen molar-refractivity contribution in [1.82, 2.24) is 4.98 Å². The fourth-order valence-corrected chi connectivity index (χ4v) is 4.94. The van der Waals surface area contributed by atoms with Crippen molar-refractivity contribution in [1.29, 1.82) is 0 Å². The van der Waals surface area contributed by atoms with Gasteiger partial charge < -0.3 is 9.47 Å². The van der Waals surface area contributed by atoms with E-state index in [9.17, 15) is 22.0 Å². The van der Waals surface area contributed by atoms with E-state index in [0.29, 0.717) is 29.2 Å². The Kier molecular flexibility index (Phi) is 7.19. The third-order valence-corrected chi connectivity index (χ3v) is 6.75. The van der Waals surface area contributed by atoms with Gasteiger partial charge in [-0.05, 0) is 50.3 Å². The van der Waals surface area contributed by atoms with Gasteiger partial charge in [-0.1, -0.05) is 6.07 Å². The monoisotopic (exact) mass is 465 g/mol. The number of pyridine rings is 1. The van der Waals surface area contributed by atoms with Crippen LogP contribution in [-0.4, -0.2) is 29.2 Å². The molecule has 0 N–H and O–H groups in total. The van der Waals surface area contributed by atoms with Crippen LogP contribution in [0, 0.1) is 0 Å². The molecular weight excluding hydrogens is 445 g/mol. The highest BCUT2D eigenvalue weighted by Crippen LogP contribution is 2.47. The topological polar surface area (TPSA) is 31.4 Å². The maximum absolute atomic E-state index is 13.0. The summed E-state index contributed by atoms with van der Waals surface area (Å²) in [6, 6.07) is 6.66. The van der Waals surface area contributed by atoms with Crippen LogP contribution in [0.2, 0.25) is 0 Å². The highest BCUT2D eigenvalue weighted by Gasteiger charge is 2.37. The molecule has 1 aliphatic rings. The van der Waals surface area contributed by atoms with Gasteiger partial charge in [0.25, 0.3) is 0 Å². The molecule has 2 unspecified atom stereocenters. The SMILES string of the molecule is CSc1cnc(C2CC(C)(Sc3cccc(C(F)(F)F)c3)CCO2)c(OC(F)F)c1. The number of rotatable bonds is 6. The standard InChI is InChI=1S/C20H20F5NO2S2/c1-19(30-13-5-3-4-12(8-13)20(23,24)25)6-7-27-16(10-19)17-15(28-18(21)22)9-14(29-2)11-26-17/h3-5,8-9,11,16,18H,6-7,10H2,1-2H3. The predicted molar refractivity (Wildman–Crippen MR) is 106 cm³/mol. The van der Waals surface area contributed by atoms with E-state index in [4.69, 9.17) is 4.74 Å². The van der Waals surface area contributed by atoms with Crippen molar-refractivity contribution in [2.24, 2.45) is 0 Å². The van der Waals surface area contributed by atoms with Crippen LogP contribution < -0.4 is 4.74 Å². The average Bonchev–Trinajstić information content (AvgIpc) is 2.66. The Hall–Kier alpha value is -1.52. The van der Waals surface area contributed by atoms with Crippen LogP contribution in [0.1, 0.15) is 37.1 Å². The second-order valence-electron chi connectivity index (χ2n) is 7.03. The molecule has 1 aromatic heterocycles. The van der Waals surface area contributed by atoms with Gasteiger partial charge in [0, 0.05) is 27.3 Å². The van der Waals surface area contributed by atoms with Gasteiger partial charge in [-0.3, -0.25) is 4.98 Å². The maximum atomic E-state index is 13.0. The molecule has 2 aromatic rings. The summed E-state index contributed by atoms with van der Waals surface area (Å²) in [6.07, 6.45) is -0.680. The summed E-state index contributed by atoms with van der Waals surface area (Å²) in [5.41, 5.74) is -0.440. The first-order valence-corrected chi connectivity index (χ1v) is 11.1. The largest absolute Gasteiger partial charge is 0.433 e. The van der Waals surface area contributed by atoms with Crippen molar-refractivity contribution >= 4 is 23.5 Å². The number of ether oxygens (including phenoxy) is 2. The quantitative estimate of drug-likeness (QED) is 0.345. The first kappa shape index (κ1) is 23.1. The number of halogens is 5. The van der Waals surface area contributed by atoms with Crippen molar-refractivity contribution in [3.63, 3.8) is 0 Å². The van der Waals surface area contributed by atoms with Crippen molar-refractivity contribution in [2.75, 3.05) is 12.9 Å². The summed E-state index contributed by atoms with van der Waals surface area (Å²) < 4.78 is 74.8. The van der Waals surface area contributed by atoms with Crippen LogP contribution >= 0.6 is 23.5 Å². The van der Waals surface area contributed by atoms with E-state index >= 15 is 0 Å². The van der Waals surface area contributed by atoms with E-state index in [1.54, 1.807) is 18.5 Å². The van der Waals surface area contributed by atoms with E-state index in [1.807, 2.05) is 6.92 Å². The average molecular weight is 466 g/mol. The third kappa shape index (κ3) is 5.79. The van der Waals surface area contributed by atoms with Gasteiger partial charge in [-0.2, -0.15) is 22.0 Å². The van der Waals surface area contributed by atoms with E-state index in [-0.39, 0.29) is 11.4 Å². The van der Waals surface area contributed by atoms with E-state index in [1.165, 1.54) is 35.7 Å². The molecule has 3 nitrogen and oxygen atoms in total. The highest BCUT2D eigenvalue weighted by molar-refractivity contribution is 8.00. The van der Waals surface area contributed by atoms with Crippen LogP contribution in [0.5, 0.6) is 5.75 Å². The summed E-state index contributed by atoms with van der Waals surface area (Å²) >= 11 is 2.67. The Balaban J connectivity index is 1.83. The molecule has 30 heavy (non-hydrogen) atoms. The summed E-state index contributed by atoms with van der Waals surface area (Å²) in [7, 11) is 0. The van der Waals surface area contributed by atoms with Crippen LogP contribution in [0.25, 0.3) is 0 Å². The van der Waals surface area contributed by atoms with Crippen LogP contribution in [-0.2, 0) is 10.9 Å². The minimum Gasteiger partial charge on any atom is -0.433 e. The lowest BCUT2D eigenvalue weighted by Gasteiger charge is -2.38. The lowest BCUT2D eigenvalue weighted by molar-refractivity contribution is -0.137. The second kappa shape index (κ2) is 9.32. The summed E-state index contributed by atoms with van der Waals surface area (Å²) in [5, 5.41) is 0. The lowest BCUT2D eigenvalue weighted by Crippen LogP contribution is -2.32. The van der Waals surface area contributed by atoms with Crippen molar-refractivity contribution in [3.05, 3.63) is 47.8 Å². The number of alkyl halides is 5. The minimum atomic E-state index is -4.42. The molecule has 1 fully saturated rings. The second-order valence-corrected chi connectivity index (χ2v) is 9.57. The van der Waals surface area contributed by atoms with Gasteiger partial charge in [-0.15, -0.1) is 23.5 Å². The van der Waals surface area contributed by atoms with Gasteiger partial charge in [0.2, 0.25) is 0 Å². The smallest absolute Gasteiger partial charge is 0.416 e. The van der Waals surface area contributed by atoms with Crippen LogP contribution in [0.4, 0.5) is 22.0 Å². The van der Waals surface area contributed by atoms with Gasteiger partial charge in [0.1, 0.15) is 11.8 Å². The Morgan fingerprint density at radius 1 is 1.23 bits per heavy atom. The van der Waals surface area contributed by atoms with Crippen molar-refractivity contribution in [3.8, 4) is 5.75 Å². The van der Waals surface area contributed by atoms with Gasteiger partial charge >= 0.3 is 12.8 Å². The number of aromatic nitrogens is 1. The zero-order chi connectivity index (χ0) is 21.9. The lowest BCUT2D eigenvalue weighted by atomic mass is 9.94. The third-order valence-electron chi connectivity index (χ3n) is 4.71. The summed E-state index contributed by atoms with van der Waals surface area (Å²) in [6.45, 7) is -0.748. The molecule has 0 radical (unpaired) electrons. The van der Waals surface area contributed by atoms with Gasteiger partial charge in [0.15, 0.2) is 5.75 Å². The molecule has 1 aromatic carbocycles. The maximum Gasteiger partial charge on any atom is 0.416 e. The molecule has 0 spiro atoms. The zero-order valence-corrected chi connectivity index (χ0v) is 17.8. The summed E-state index contributed by atoms with van der Waals surface area (Å²) in [5.74, 6) is -0.0461. The molecule has 2 atom stereocenters. The minimum absolute atomic E-state index is 0.0461. The Morgan fingerprint density at radius 3 is 2.67 bits per heavy atom. The molecular formula is C20H20F5NO2S2. The first-order chi connectivity index (χ1) is 14.1. The van der Waals surface area contributed by atoms with Crippen molar-refractivity contribution in [2.45, 2.75) is 53.2 Å². The number of benzene rings is 1. The molecule has 2 heterocycles. The van der Waals surface area contributed by atoms with Crippen LogP contribution in [0.3, 0.4) is 0 Å². The molecule has 1 saturated heterocycles. The first-order valence-electron chi connectivity index (χ1n) is 9.06. The Morgan fingerprint density at radius 2 is 2.00 bits per heavy atom. The number of nitrogens with zero attached hydrogens (tertiary/aromatic N) is 1. The Bertz CT molecular complexity index is 881. The predicted octanol–water partition coefficient (Wildman–Crippen LogP) is 6.83. The molecule has 3 rings (SSSR count). The van der Waals surface area contributed by atoms with Crippen molar-refractivity contribution < 1.29 is 31.4 Å². The molecule has 0 saturated carbocycles. The van der Waals surface area contributed by atoms with Gasteiger partial charge in [-0.25, -0.2) is 0 Å². The van der Waals surface area contributed by atoms with E-state index < -0.39 is 29.2 Å². The number of hydrogen-bond donors (Lipinski definition) is 0. The fraction of sp³-hybridized carbons (Fsp3) is 0.450. The molecule has 164 valence electrons. The molecule has 0 aliphatic carbocycles.